The van der Waals surface area contributed by atoms with E-state index in [9.17, 15) is 9.90 Å². The first kappa shape index (κ1) is 13.4. The molecular weight excluding hydrogens is 248 g/mol. The smallest absolute Gasteiger partial charge is 0.334 e. The van der Waals surface area contributed by atoms with Gasteiger partial charge in [-0.1, -0.05) is 18.2 Å². The molecule has 0 fully saturated rings. The molecule has 4 nitrogen and oxygen atoms in total. The van der Waals surface area contributed by atoms with Gasteiger partial charge in [-0.25, -0.2) is 4.79 Å². The summed E-state index contributed by atoms with van der Waals surface area (Å²) in [6, 6.07) is 4.71. The molecule has 0 spiro atoms. The van der Waals surface area contributed by atoms with Crippen LogP contribution in [0.15, 0.2) is 18.2 Å². The van der Waals surface area contributed by atoms with E-state index in [1.54, 1.807) is 12.1 Å². The van der Waals surface area contributed by atoms with Crippen molar-refractivity contribution >= 4 is 31.2 Å². The second kappa shape index (κ2) is 5.09. The van der Waals surface area contributed by atoms with Crippen molar-refractivity contribution in [2.75, 3.05) is 0 Å². The van der Waals surface area contributed by atoms with E-state index in [1.807, 2.05) is 0 Å². The predicted octanol–water partition coefficient (Wildman–Crippen LogP) is 0.768. The minimum absolute atomic E-state index is 0.265. The van der Waals surface area contributed by atoms with Gasteiger partial charge in [-0.3, -0.25) is 0 Å². The third kappa shape index (κ3) is 2.35. The zero-order chi connectivity index (χ0) is 12.3. The number of aliphatic hydroxyl groups excluding tert-OH is 2. The molecule has 1 aromatic rings. The molecule has 0 aliphatic carbocycles. The SMILES string of the molecule is O=C(O)C(S)(S)c1cccc(CO)c1CO. The van der Waals surface area contributed by atoms with E-state index in [4.69, 9.17) is 10.2 Å². The molecular formula is C10H12O4S2. The van der Waals surface area contributed by atoms with Gasteiger partial charge in [0.05, 0.1) is 13.2 Å². The summed E-state index contributed by atoms with van der Waals surface area (Å²) in [5.41, 5.74) is 1.08. The van der Waals surface area contributed by atoms with Crippen LogP contribution < -0.4 is 0 Å². The summed E-state index contributed by atoms with van der Waals surface area (Å²) in [6.45, 7) is -0.650. The number of carbonyl (C=O) groups is 1. The van der Waals surface area contributed by atoms with E-state index < -0.39 is 10.0 Å². The lowest BCUT2D eigenvalue weighted by Gasteiger charge is -2.22. The first-order valence-electron chi connectivity index (χ1n) is 4.46. The highest BCUT2D eigenvalue weighted by Gasteiger charge is 2.34. The summed E-state index contributed by atoms with van der Waals surface area (Å²) >= 11 is 7.91. The lowest BCUT2D eigenvalue weighted by Crippen LogP contribution is -2.25. The number of benzene rings is 1. The van der Waals surface area contributed by atoms with Crippen molar-refractivity contribution in [1.82, 2.24) is 0 Å². The summed E-state index contributed by atoms with van der Waals surface area (Å²) < 4.78 is -1.69. The molecule has 0 saturated carbocycles. The maximum atomic E-state index is 11.0. The van der Waals surface area contributed by atoms with Crippen LogP contribution in [0.5, 0.6) is 0 Å². The van der Waals surface area contributed by atoms with Gasteiger partial charge in [-0.05, 0) is 16.7 Å². The van der Waals surface area contributed by atoms with Crippen molar-refractivity contribution in [1.29, 1.82) is 0 Å². The number of rotatable bonds is 4. The van der Waals surface area contributed by atoms with Crippen molar-refractivity contribution in [2.45, 2.75) is 17.3 Å². The monoisotopic (exact) mass is 260 g/mol. The Kier molecular flexibility index (Phi) is 4.26. The van der Waals surface area contributed by atoms with E-state index in [2.05, 4.69) is 25.3 Å². The largest absolute Gasteiger partial charge is 0.479 e. The van der Waals surface area contributed by atoms with Gasteiger partial charge in [-0.2, -0.15) is 0 Å². The van der Waals surface area contributed by atoms with Crippen LogP contribution in [0, 0.1) is 0 Å². The number of carboxylic acids is 1. The number of hydrogen-bond acceptors (Lipinski definition) is 5. The Bertz CT molecular complexity index is 404. The fourth-order valence-corrected chi connectivity index (χ4v) is 1.83. The molecule has 1 rings (SSSR count). The van der Waals surface area contributed by atoms with Crippen molar-refractivity contribution in [3.63, 3.8) is 0 Å². The number of thiol groups is 2. The van der Waals surface area contributed by atoms with Crippen LogP contribution in [0.1, 0.15) is 16.7 Å². The maximum Gasteiger partial charge on any atom is 0.334 e. The molecule has 6 heteroatoms. The molecule has 0 amide bonds. The van der Waals surface area contributed by atoms with Crippen LogP contribution in [-0.4, -0.2) is 21.3 Å². The van der Waals surface area contributed by atoms with Gasteiger partial charge in [0.15, 0.2) is 4.08 Å². The molecule has 16 heavy (non-hydrogen) atoms. The molecule has 0 bridgehead atoms. The number of aliphatic hydroxyl groups is 2. The topological polar surface area (TPSA) is 77.8 Å². The van der Waals surface area contributed by atoms with Crippen molar-refractivity contribution < 1.29 is 20.1 Å². The highest BCUT2D eigenvalue weighted by atomic mass is 32.2. The Hall–Kier alpha value is -0.690. The molecule has 1 aromatic carbocycles. The Morgan fingerprint density at radius 3 is 2.31 bits per heavy atom. The lowest BCUT2D eigenvalue weighted by atomic mass is 9.99. The van der Waals surface area contributed by atoms with E-state index in [0.29, 0.717) is 11.1 Å². The number of carboxylic acid groups (broad SMARTS) is 1. The van der Waals surface area contributed by atoms with Crippen LogP contribution in [-0.2, 0) is 22.1 Å². The van der Waals surface area contributed by atoms with Gasteiger partial charge in [-0.15, -0.1) is 25.3 Å². The fraction of sp³-hybridized carbons (Fsp3) is 0.300. The van der Waals surface area contributed by atoms with Crippen molar-refractivity contribution in [3.05, 3.63) is 34.9 Å². The first-order chi connectivity index (χ1) is 7.45. The van der Waals surface area contributed by atoms with Gasteiger partial charge in [0.25, 0.3) is 0 Å². The van der Waals surface area contributed by atoms with Gasteiger partial charge in [0.1, 0.15) is 0 Å². The summed E-state index contributed by atoms with van der Waals surface area (Å²) in [7, 11) is 0. The van der Waals surface area contributed by atoms with E-state index in [-0.39, 0.29) is 18.8 Å². The molecule has 0 aliphatic rings. The molecule has 0 aromatic heterocycles. The lowest BCUT2D eigenvalue weighted by molar-refractivity contribution is -0.137. The minimum atomic E-state index is -1.69. The van der Waals surface area contributed by atoms with Crippen LogP contribution >= 0.6 is 25.3 Å². The van der Waals surface area contributed by atoms with Gasteiger partial charge in [0, 0.05) is 0 Å². The van der Waals surface area contributed by atoms with Crippen molar-refractivity contribution in [2.24, 2.45) is 0 Å². The van der Waals surface area contributed by atoms with E-state index >= 15 is 0 Å². The summed E-state index contributed by atoms with van der Waals surface area (Å²) in [5.74, 6) is -1.23. The molecule has 0 aliphatic heterocycles. The second-order valence-electron chi connectivity index (χ2n) is 3.24. The summed E-state index contributed by atoms with van der Waals surface area (Å²) in [4.78, 5) is 11.0. The zero-order valence-electron chi connectivity index (χ0n) is 8.29. The average Bonchev–Trinajstić information content (AvgIpc) is 2.27. The Morgan fingerprint density at radius 1 is 1.25 bits per heavy atom. The molecule has 88 valence electrons. The Balaban J connectivity index is 3.39. The third-order valence-corrected chi connectivity index (χ3v) is 3.14. The predicted molar refractivity (Wildman–Crippen MR) is 65.6 cm³/mol. The minimum Gasteiger partial charge on any atom is -0.479 e. The molecule has 3 N–H and O–H groups in total. The van der Waals surface area contributed by atoms with Gasteiger partial charge < -0.3 is 15.3 Å². The number of aliphatic carboxylic acids is 1. The molecule has 0 saturated heterocycles. The van der Waals surface area contributed by atoms with Crippen molar-refractivity contribution in [3.8, 4) is 0 Å². The second-order valence-corrected chi connectivity index (χ2v) is 4.93. The maximum absolute atomic E-state index is 11.0. The first-order valence-corrected chi connectivity index (χ1v) is 5.35. The summed E-state index contributed by atoms with van der Waals surface area (Å²) in [5, 5.41) is 27.3. The highest BCUT2D eigenvalue weighted by Crippen LogP contribution is 2.36. The zero-order valence-corrected chi connectivity index (χ0v) is 10.1. The Morgan fingerprint density at radius 2 is 1.88 bits per heavy atom. The van der Waals surface area contributed by atoms with Gasteiger partial charge in [0.2, 0.25) is 0 Å². The normalized spacial score (nSPS) is 11.5. The van der Waals surface area contributed by atoms with Crippen LogP contribution in [0.3, 0.4) is 0 Å². The highest BCUT2D eigenvalue weighted by molar-refractivity contribution is 8.01. The number of hydrogen-bond donors (Lipinski definition) is 5. The van der Waals surface area contributed by atoms with Crippen LogP contribution in [0.4, 0.5) is 0 Å². The van der Waals surface area contributed by atoms with E-state index in [1.165, 1.54) is 6.07 Å². The van der Waals surface area contributed by atoms with Crippen LogP contribution in [0.2, 0.25) is 0 Å². The standard InChI is InChI=1S/C10H12O4S2/c11-4-6-2-1-3-8(7(6)5-12)10(15,16)9(13)14/h1-3,11-12,15-16H,4-5H2,(H,13,14). The molecule has 0 radical (unpaired) electrons. The third-order valence-electron chi connectivity index (χ3n) is 2.28. The molecule has 0 unspecified atom stereocenters. The quantitative estimate of drug-likeness (QED) is 0.409. The molecule has 0 atom stereocenters. The molecule has 0 heterocycles. The van der Waals surface area contributed by atoms with E-state index in [0.717, 1.165) is 0 Å². The average molecular weight is 260 g/mol. The van der Waals surface area contributed by atoms with Gasteiger partial charge >= 0.3 is 5.97 Å². The summed E-state index contributed by atoms with van der Waals surface area (Å²) in [6.07, 6.45) is 0. The fourth-order valence-electron chi connectivity index (χ4n) is 1.41. The van der Waals surface area contributed by atoms with Crippen LogP contribution in [0.25, 0.3) is 0 Å². The Labute approximate surface area is 104 Å².